The third-order valence-corrected chi connectivity index (χ3v) is 7.25. The van der Waals surface area contributed by atoms with Crippen LogP contribution in [0.4, 0.5) is 26.7 Å². The van der Waals surface area contributed by atoms with E-state index in [1.807, 2.05) is 24.3 Å². The van der Waals surface area contributed by atoms with Crippen molar-refractivity contribution in [2.24, 2.45) is 0 Å². The summed E-state index contributed by atoms with van der Waals surface area (Å²) in [6, 6.07) is 20.9. The molecular weight excluding hydrogens is 726 g/mol. The lowest BCUT2D eigenvalue weighted by atomic mass is 10.1. The highest BCUT2D eigenvalue weighted by Crippen LogP contribution is 2.17. The molecule has 0 unspecified atom stereocenters. The van der Waals surface area contributed by atoms with Gasteiger partial charge in [-0.25, -0.2) is 9.59 Å². The number of carbonyl (C=O) groups is 6. The molecule has 3 aromatic rings. The van der Waals surface area contributed by atoms with Gasteiger partial charge in [-0.1, -0.05) is 36.4 Å². The van der Waals surface area contributed by atoms with Gasteiger partial charge in [0, 0.05) is 68.5 Å². The molecule has 0 radical (unpaired) electrons. The van der Waals surface area contributed by atoms with Crippen molar-refractivity contribution in [1.82, 2.24) is 0 Å². The van der Waals surface area contributed by atoms with Gasteiger partial charge in [-0.3, -0.25) is 29.8 Å². The molecule has 0 heterocycles. The molecule has 3 aromatic carbocycles. The Morgan fingerprint density at radius 3 is 0.911 bits per heavy atom. The van der Waals surface area contributed by atoms with E-state index in [9.17, 15) is 28.8 Å². The summed E-state index contributed by atoms with van der Waals surface area (Å²) in [6.45, 7) is 4.50. The number of amides is 2. The van der Waals surface area contributed by atoms with Gasteiger partial charge in [0.1, 0.15) is 39.6 Å². The number of carbonyl (C=O) groups excluding carboxylic acids is 6. The minimum absolute atomic E-state index is 0.0516. The first kappa shape index (κ1) is 43.5. The van der Waals surface area contributed by atoms with Gasteiger partial charge in [-0.15, -0.1) is 0 Å². The molecule has 0 bridgehead atoms. The van der Waals surface area contributed by atoms with E-state index in [0.29, 0.717) is 39.2 Å². The van der Waals surface area contributed by atoms with Crippen LogP contribution in [0.25, 0.3) is 18.2 Å². The van der Waals surface area contributed by atoms with Gasteiger partial charge in [0.05, 0.1) is 0 Å². The van der Waals surface area contributed by atoms with Gasteiger partial charge < -0.3 is 33.7 Å². The maximum absolute atomic E-state index is 12.8. The lowest BCUT2D eigenvalue weighted by Crippen LogP contribution is -2.19. The summed E-state index contributed by atoms with van der Waals surface area (Å²) >= 11 is 0. The van der Waals surface area contributed by atoms with Crippen LogP contribution in [0.1, 0.15) is 44.4 Å². The first-order valence-electron chi connectivity index (χ1n) is 17.2. The summed E-state index contributed by atoms with van der Waals surface area (Å²) in [7, 11) is 1.80. The van der Waals surface area contributed by atoms with Crippen LogP contribution in [-0.2, 0) is 47.6 Å². The zero-order valence-electron chi connectivity index (χ0n) is 31.8. The molecule has 0 fully saturated rings. The average molecular weight is 772 g/mol. The molecule has 0 saturated carbocycles. The summed E-state index contributed by atoms with van der Waals surface area (Å²) in [5, 5.41) is 8.34. The first-order chi connectivity index (χ1) is 26.8. The Balaban J connectivity index is 1.63. The first-order valence-corrected chi connectivity index (χ1v) is 17.2. The van der Waals surface area contributed by atoms with E-state index in [0.717, 1.165) is 11.3 Å². The van der Waals surface area contributed by atoms with E-state index in [2.05, 4.69) is 16.0 Å². The Hall–Kier alpha value is -6.90. The summed E-state index contributed by atoms with van der Waals surface area (Å²) < 4.78 is 31.1. The molecule has 0 aliphatic heterocycles. The van der Waals surface area contributed by atoms with Crippen LogP contribution in [0.15, 0.2) is 89.5 Å². The molecular formula is C41H45N3O12. The van der Waals surface area contributed by atoms with Crippen LogP contribution in [-0.4, -0.2) is 82.8 Å². The van der Waals surface area contributed by atoms with Gasteiger partial charge in [0.15, 0.2) is 0 Å². The predicted octanol–water partition coefficient (Wildman–Crippen LogP) is 6.63. The van der Waals surface area contributed by atoms with E-state index in [1.54, 1.807) is 73.8 Å². The molecule has 0 spiro atoms. The van der Waals surface area contributed by atoms with Crippen molar-refractivity contribution in [1.29, 1.82) is 0 Å². The quantitative estimate of drug-likeness (QED) is 0.0923. The normalized spacial score (nSPS) is 10.0. The van der Waals surface area contributed by atoms with Crippen molar-refractivity contribution in [2.75, 3.05) is 62.6 Å². The van der Waals surface area contributed by atoms with Crippen LogP contribution >= 0.6 is 0 Å². The summed E-state index contributed by atoms with van der Waals surface area (Å²) in [4.78, 5) is 70.6. The van der Waals surface area contributed by atoms with Crippen LogP contribution < -0.4 is 16.0 Å². The van der Waals surface area contributed by atoms with Crippen molar-refractivity contribution >= 4 is 71.4 Å². The molecule has 56 heavy (non-hydrogen) atoms. The molecule has 3 rings (SSSR count). The van der Waals surface area contributed by atoms with Crippen molar-refractivity contribution < 1.29 is 57.2 Å². The van der Waals surface area contributed by atoms with Gasteiger partial charge in [0.25, 0.3) is 0 Å². The van der Waals surface area contributed by atoms with E-state index < -0.39 is 36.1 Å². The third kappa shape index (κ3) is 17.7. The fourth-order valence-electron chi connectivity index (χ4n) is 4.56. The van der Waals surface area contributed by atoms with Crippen molar-refractivity contribution in [3.8, 4) is 0 Å². The number of esters is 4. The fraction of sp³-hybridized carbons (Fsp3) is 0.268. The number of ether oxygens (including phenoxy) is 6. The maximum atomic E-state index is 12.8. The molecule has 0 aliphatic carbocycles. The molecule has 0 aliphatic rings. The highest BCUT2D eigenvalue weighted by atomic mass is 16.6. The standard InChI is InChI=1S/C41H45N3O12/c1-27(45)51-21-34(22-52-28(2)46)18-32-8-14-38(15-9-32)43-40(49)55-25-36(20-31-6-12-37(42-5)13-7-31)26-56-41(50)44-39-16-10-33(11-17-39)19-35(23-53-29(3)47)24-54-30(4)48/h6-20,42H,21-26H2,1-5H3,(H,43,49)(H,44,50). The zero-order valence-corrected chi connectivity index (χ0v) is 31.8. The number of nitrogens with one attached hydrogen (secondary N) is 3. The molecule has 0 aromatic heterocycles. The molecule has 296 valence electrons. The minimum atomic E-state index is -0.752. The van der Waals surface area contributed by atoms with Gasteiger partial charge in [-0.2, -0.15) is 0 Å². The Bertz CT molecular complexity index is 1760. The highest BCUT2D eigenvalue weighted by molar-refractivity contribution is 5.86. The van der Waals surface area contributed by atoms with E-state index in [1.165, 1.54) is 27.7 Å². The Morgan fingerprint density at radius 1 is 0.411 bits per heavy atom. The second kappa shape index (κ2) is 23.0. The highest BCUT2D eigenvalue weighted by Gasteiger charge is 2.11. The Morgan fingerprint density at radius 2 is 0.661 bits per heavy atom. The zero-order chi connectivity index (χ0) is 40.9. The minimum Gasteiger partial charge on any atom is -0.461 e. The number of rotatable bonds is 18. The number of benzene rings is 3. The summed E-state index contributed by atoms with van der Waals surface area (Å²) in [5.74, 6) is -1.90. The smallest absolute Gasteiger partial charge is 0.411 e. The van der Waals surface area contributed by atoms with Gasteiger partial charge in [0.2, 0.25) is 0 Å². The van der Waals surface area contributed by atoms with Gasteiger partial charge in [-0.05, 0) is 71.3 Å². The van der Waals surface area contributed by atoms with Gasteiger partial charge >= 0.3 is 36.1 Å². The molecule has 0 atom stereocenters. The van der Waals surface area contributed by atoms with E-state index in [4.69, 9.17) is 28.4 Å². The molecule has 0 saturated heterocycles. The van der Waals surface area contributed by atoms with Crippen molar-refractivity contribution in [3.05, 3.63) is 106 Å². The molecule has 15 heteroatoms. The summed E-state index contributed by atoms with van der Waals surface area (Å²) in [6.07, 6.45) is 3.65. The third-order valence-electron chi connectivity index (χ3n) is 7.25. The Kier molecular flexibility index (Phi) is 17.9. The topological polar surface area (TPSA) is 194 Å². The van der Waals surface area contributed by atoms with Crippen LogP contribution in [0.5, 0.6) is 0 Å². The molecule has 15 nitrogen and oxygen atoms in total. The maximum Gasteiger partial charge on any atom is 0.411 e. The lowest BCUT2D eigenvalue weighted by Gasteiger charge is -2.13. The molecule has 2 amide bonds. The van der Waals surface area contributed by atoms with Crippen LogP contribution in [0.2, 0.25) is 0 Å². The monoisotopic (exact) mass is 771 g/mol. The average Bonchev–Trinajstić information content (AvgIpc) is 3.16. The predicted molar refractivity (Wildman–Crippen MR) is 209 cm³/mol. The van der Waals surface area contributed by atoms with Crippen molar-refractivity contribution in [3.63, 3.8) is 0 Å². The number of hydrogen-bond donors (Lipinski definition) is 3. The SMILES string of the molecule is CNc1ccc(C=C(COC(=O)Nc2ccc(C=C(COC(C)=O)COC(C)=O)cc2)COC(=O)Nc2ccc(C=C(COC(C)=O)COC(C)=O)cc2)cc1. The molecule has 3 N–H and O–H groups in total. The lowest BCUT2D eigenvalue weighted by molar-refractivity contribution is -0.143. The fourth-order valence-corrected chi connectivity index (χ4v) is 4.56. The second-order valence-corrected chi connectivity index (χ2v) is 12.0. The second-order valence-electron chi connectivity index (χ2n) is 12.0. The summed E-state index contributed by atoms with van der Waals surface area (Å²) in [5.41, 5.74) is 5.55. The van der Waals surface area contributed by atoms with Crippen molar-refractivity contribution in [2.45, 2.75) is 27.7 Å². The van der Waals surface area contributed by atoms with E-state index >= 15 is 0 Å². The largest absolute Gasteiger partial charge is 0.461 e. The number of anilines is 3. The van der Waals surface area contributed by atoms with Crippen LogP contribution in [0, 0.1) is 0 Å². The van der Waals surface area contributed by atoms with Crippen LogP contribution in [0.3, 0.4) is 0 Å². The number of hydrogen-bond acceptors (Lipinski definition) is 13. The van der Waals surface area contributed by atoms with E-state index in [-0.39, 0.29) is 39.6 Å². The Labute approximate surface area is 324 Å².